The van der Waals surface area contributed by atoms with Gasteiger partial charge in [-0.1, -0.05) is 36.4 Å². The summed E-state index contributed by atoms with van der Waals surface area (Å²) in [4.78, 5) is 36.3. The third kappa shape index (κ3) is 2.48. The van der Waals surface area contributed by atoms with Crippen molar-refractivity contribution in [2.75, 3.05) is 5.01 Å². The zero-order valence-corrected chi connectivity index (χ0v) is 16.2. The van der Waals surface area contributed by atoms with Crippen LogP contribution >= 0.6 is 0 Å². The lowest BCUT2D eigenvalue weighted by atomic mass is 9.89. The molecule has 2 aromatic carbocycles. The van der Waals surface area contributed by atoms with Crippen molar-refractivity contribution in [3.63, 3.8) is 0 Å². The lowest BCUT2D eigenvalue weighted by Crippen LogP contribution is -2.70. The lowest BCUT2D eigenvalue weighted by Gasteiger charge is -2.35. The standard InChI is InChI=1S/C23H16N4O4/c28-20-23(21(29)26-22(30)25-20)9-8-16-17-10-14-12-24-27(15-4-2-1-3-5-15)18(14)11-13(17)6-7-19(16)31-23/h1-8,10-12,14H,9H2,(H2,25,26,28,29,30). The summed E-state index contributed by atoms with van der Waals surface area (Å²) < 4.78 is 5.91. The Kier molecular flexibility index (Phi) is 3.50. The van der Waals surface area contributed by atoms with Crippen molar-refractivity contribution in [2.45, 2.75) is 12.0 Å². The van der Waals surface area contributed by atoms with Crippen molar-refractivity contribution >= 4 is 48.0 Å². The Hall–Kier alpha value is -4.20. The molecule has 8 heteroatoms. The highest BCUT2D eigenvalue weighted by Crippen LogP contribution is 2.33. The third-order valence-corrected chi connectivity index (χ3v) is 5.93. The van der Waals surface area contributed by atoms with Crippen LogP contribution in [0.2, 0.25) is 0 Å². The van der Waals surface area contributed by atoms with Gasteiger partial charge in [0.15, 0.2) is 0 Å². The molecule has 152 valence electrons. The van der Waals surface area contributed by atoms with Gasteiger partial charge in [-0.15, -0.1) is 0 Å². The van der Waals surface area contributed by atoms with E-state index in [2.05, 4.69) is 27.9 Å². The maximum absolute atomic E-state index is 12.4. The van der Waals surface area contributed by atoms with Crippen molar-refractivity contribution < 1.29 is 19.1 Å². The Morgan fingerprint density at radius 2 is 1.77 bits per heavy atom. The first-order chi connectivity index (χ1) is 15.0. The monoisotopic (exact) mass is 412 g/mol. The van der Waals surface area contributed by atoms with Crippen LogP contribution in [0, 0.1) is 5.92 Å². The number of nitrogens with zero attached hydrogens (tertiary/aromatic N) is 2. The molecule has 0 bridgehead atoms. The summed E-state index contributed by atoms with van der Waals surface area (Å²) in [5.41, 5.74) is 1.27. The van der Waals surface area contributed by atoms with E-state index in [9.17, 15) is 14.4 Å². The summed E-state index contributed by atoms with van der Waals surface area (Å²) in [6.07, 6.45) is 7.94. The quantitative estimate of drug-likeness (QED) is 0.669. The van der Waals surface area contributed by atoms with Crippen LogP contribution in [0.5, 0.6) is 5.75 Å². The molecule has 3 aliphatic heterocycles. The van der Waals surface area contributed by atoms with Crippen molar-refractivity contribution in [3.8, 4) is 5.75 Å². The van der Waals surface area contributed by atoms with Crippen molar-refractivity contribution in [1.29, 1.82) is 0 Å². The Bertz CT molecular complexity index is 1340. The number of hydrazone groups is 1. The number of rotatable bonds is 1. The van der Waals surface area contributed by atoms with Crippen LogP contribution in [0.4, 0.5) is 10.5 Å². The number of nitrogens with one attached hydrogen (secondary N) is 2. The van der Waals surface area contributed by atoms with Gasteiger partial charge in [0.25, 0.3) is 17.4 Å². The number of fused-ring (bicyclic) bond motifs is 4. The Morgan fingerprint density at radius 1 is 1.00 bits per heavy atom. The largest absolute Gasteiger partial charge is 0.466 e. The molecule has 3 heterocycles. The number of carbonyl (C=O) groups is 3. The normalized spacial score (nSPS) is 22.2. The fraction of sp³-hybridized carbons (Fsp3) is 0.130. The molecule has 0 aromatic heterocycles. The van der Waals surface area contributed by atoms with E-state index in [-0.39, 0.29) is 12.3 Å². The maximum atomic E-state index is 12.4. The predicted molar refractivity (Wildman–Crippen MR) is 113 cm³/mol. The van der Waals surface area contributed by atoms with Gasteiger partial charge >= 0.3 is 6.03 Å². The van der Waals surface area contributed by atoms with Gasteiger partial charge in [-0.25, -0.2) is 9.80 Å². The molecular weight excluding hydrogens is 396 g/mol. The number of para-hydroxylation sites is 1. The Morgan fingerprint density at radius 3 is 2.55 bits per heavy atom. The number of anilines is 1. The van der Waals surface area contributed by atoms with E-state index in [1.165, 1.54) is 0 Å². The molecule has 1 unspecified atom stereocenters. The topological polar surface area (TPSA) is 100 Å². The second-order valence-electron chi connectivity index (χ2n) is 7.73. The zero-order chi connectivity index (χ0) is 21.2. The molecule has 4 amide bonds. The Balaban J connectivity index is 1.42. The number of barbiturate groups is 1. The third-order valence-electron chi connectivity index (χ3n) is 5.93. The highest BCUT2D eigenvalue weighted by molar-refractivity contribution is 6.22. The van der Waals surface area contributed by atoms with E-state index in [1.807, 2.05) is 53.7 Å². The van der Waals surface area contributed by atoms with Crippen LogP contribution in [0.1, 0.15) is 12.0 Å². The number of urea groups is 1. The van der Waals surface area contributed by atoms with Crippen LogP contribution in [0.15, 0.2) is 53.3 Å². The smallest absolute Gasteiger partial charge is 0.328 e. The van der Waals surface area contributed by atoms with Crippen molar-refractivity contribution in [2.24, 2.45) is 11.0 Å². The SMILES string of the molecule is O=C1NC(=O)C2(CC=c3c(ccc4c3=CC3C=NN(c5ccccc5)C3=C4)O2)C(=O)N1. The fourth-order valence-electron chi connectivity index (χ4n) is 4.37. The van der Waals surface area contributed by atoms with Gasteiger partial charge in [-0.05, 0) is 35.1 Å². The van der Waals surface area contributed by atoms with Crippen LogP contribution in [0.25, 0.3) is 18.2 Å². The van der Waals surface area contributed by atoms with Crippen molar-refractivity contribution in [3.05, 3.63) is 64.2 Å². The highest BCUT2D eigenvalue weighted by atomic mass is 16.5. The van der Waals surface area contributed by atoms with E-state index in [0.29, 0.717) is 5.75 Å². The number of hydrogen-bond donors (Lipinski definition) is 2. The number of benzene rings is 2. The van der Waals surface area contributed by atoms with Gasteiger partial charge in [0.1, 0.15) is 5.75 Å². The van der Waals surface area contributed by atoms with Crippen LogP contribution in [-0.2, 0) is 9.59 Å². The van der Waals surface area contributed by atoms with Crippen LogP contribution < -0.4 is 30.8 Å². The molecule has 6 rings (SSSR count). The maximum Gasteiger partial charge on any atom is 0.328 e. The average Bonchev–Trinajstić information content (AvgIpc) is 3.19. The van der Waals surface area contributed by atoms with Gasteiger partial charge in [0, 0.05) is 17.9 Å². The molecule has 8 nitrogen and oxygen atoms in total. The zero-order valence-electron chi connectivity index (χ0n) is 16.2. The molecule has 31 heavy (non-hydrogen) atoms. The van der Waals surface area contributed by atoms with Gasteiger partial charge in [0.2, 0.25) is 0 Å². The number of imide groups is 2. The van der Waals surface area contributed by atoms with E-state index in [1.54, 1.807) is 6.07 Å². The van der Waals surface area contributed by atoms with E-state index >= 15 is 0 Å². The molecule has 0 saturated carbocycles. The first kappa shape index (κ1) is 17.6. The van der Waals surface area contributed by atoms with Gasteiger partial charge < -0.3 is 4.74 Å². The minimum Gasteiger partial charge on any atom is -0.466 e. The number of ether oxygens (including phenoxy) is 1. The van der Waals surface area contributed by atoms with Gasteiger partial charge in [0.05, 0.1) is 17.3 Å². The molecule has 1 saturated heterocycles. The van der Waals surface area contributed by atoms with Gasteiger partial charge in [-0.2, -0.15) is 5.10 Å². The molecule has 1 fully saturated rings. The fourth-order valence-corrected chi connectivity index (χ4v) is 4.37. The molecule has 2 N–H and O–H groups in total. The number of amides is 4. The minimum atomic E-state index is -1.77. The summed E-state index contributed by atoms with van der Waals surface area (Å²) >= 11 is 0. The molecule has 0 radical (unpaired) electrons. The number of allylic oxidation sites excluding steroid dienone is 1. The van der Waals surface area contributed by atoms with Crippen molar-refractivity contribution in [1.82, 2.24) is 10.6 Å². The highest BCUT2D eigenvalue weighted by Gasteiger charge is 2.53. The second kappa shape index (κ2) is 6.15. The molecule has 1 aliphatic carbocycles. The molecular formula is C23H16N4O4. The summed E-state index contributed by atoms with van der Waals surface area (Å²) in [6.45, 7) is 0. The summed E-state index contributed by atoms with van der Waals surface area (Å²) in [6, 6.07) is 12.7. The van der Waals surface area contributed by atoms with Crippen LogP contribution in [0.3, 0.4) is 0 Å². The second-order valence-corrected chi connectivity index (χ2v) is 7.73. The molecule has 2 aromatic rings. The average molecular weight is 412 g/mol. The molecule has 4 aliphatic rings. The minimum absolute atomic E-state index is 0.00221. The first-order valence-corrected chi connectivity index (χ1v) is 9.87. The summed E-state index contributed by atoms with van der Waals surface area (Å²) in [7, 11) is 0. The lowest BCUT2D eigenvalue weighted by molar-refractivity contribution is -0.151. The molecule has 1 atom stereocenters. The predicted octanol–water partition coefficient (Wildman–Crippen LogP) is 0.612. The van der Waals surface area contributed by atoms with E-state index in [4.69, 9.17) is 4.74 Å². The number of carbonyl (C=O) groups excluding carboxylic acids is 3. The van der Waals surface area contributed by atoms with Gasteiger partial charge in [-0.3, -0.25) is 20.2 Å². The van der Waals surface area contributed by atoms with E-state index < -0.39 is 23.4 Å². The Labute approximate surface area is 176 Å². The first-order valence-electron chi connectivity index (χ1n) is 9.87. The van der Waals surface area contributed by atoms with E-state index in [0.717, 1.165) is 27.4 Å². The summed E-state index contributed by atoms with van der Waals surface area (Å²) in [5, 5.41) is 12.5. The van der Waals surface area contributed by atoms with Crippen LogP contribution in [-0.4, -0.2) is 29.7 Å². The number of hydrogen-bond acceptors (Lipinski definition) is 6. The summed E-state index contributed by atoms with van der Waals surface area (Å²) in [5.74, 6) is -1.09. The molecule has 1 spiro atoms.